The summed E-state index contributed by atoms with van der Waals surface area (Å²) in [5.41, 5.74) is 0. The summed E-state index contributed by atoms with van der Waals surface area (Å²) in [4.78, 5) is 0. The van der Waals surface area contributed by atoms with Crippen LogP contribution in [0.5, 0.6) is 0 Å². The van der Waals surface area contributed by atoms with Gasteiger partial charge in [-0.25, -0.2) is 0 Å². The Kier molecular flexibility index (Phi) is 4.07. The molecule has 0 aliphatic carbocycles. The van der Waals surface area contributed by atoms with E-state index in [1.807, 2.05) is 6.92 Å². The van der Waals surface area contributed by atoms with Crippen molar-refractivity contribution in [1.82, 2.24) is 0 Å². The molecule has 0 aromatic rings. The third-order valence-corrected chi connectivity index (χ3v) is 2.66. The molecule has 0 aliphatic heterocycles. The minimum absolute atomic E-state index is 0.506. The van der Waals surface area contributed by atoms with Gasteiger partial charge in [-0.1, -0.05) is 11.6 Å². The fourth-order valence-corrected chi connectivity index (χ4v) is 1.03. The summed E-state index contributed by atoms with van der Waals surface area (Å²) >= 11 is 11.2. The number of rotatable bonds is 3. The van der Waals surface area contributed by atoms with Crippen molar-refractivity contribution in [3.63, 3.8) is 0 Å². The molecule has 0 aromatic heterocycles. The third kappa shape index (κ3) is 3.72. The largest absolute Gasteiger partial charge is 0.410 e. The quantitative estimate of drug-likeness (QED) is 0.454. The molecule has 0 saturated heterocycles. The lowest BCUT2D eigenvalue weighted by molar-refractivity contribution is 0.193. The molecule has 8 heavy (non-hydrogen) atoms. The Bertz CT molecular complexity index is 67.1. The second kappa shape index (κ2) is 3.72. The molecule has 0 heterocycles. The minimum Gasteiger partial charge on any atom is -0.410 e. The SMILES string of the molecule is CC(Cl)(CCCl)O[SiH3]. The molecular formula is C4H10Cl2OSi. The van der Waals surface area contributed by atoms with Gasteiger partial charge in [0.25, 0.3) is 0 Å². The summed E-state index contributed by atoms with van der Waals surface area (Å²) < 4.78 is 5.00. The average molecular weight is 173 g/mol. The van der Waals surface area contributed by atoms with Gasteiger partial charge in [0.2, 0.25) is 0 Å². The van der Waals surface area contributed by atoms with E-state index in [1.165, 1.54) is 0 Å². The van der Waals surface area contributed by atoms with Crippen LogP contribution in [0.2, 0.25) is 0 Å². The highest BCUT2D eigenvalue weighted by Gasteiger charge is 2.16. The Hall–Kier alpha value is 0.757. The molecular weight excluding hydrogens is 163 g/mol. The molecule has 1 unspecified atom stereocenters. The molecule has 0 aliphatic rings. The first kappa shape index (κ1) is 8.76. The Balaban J connectivity index is 3.37. The zero-order chi connectivity index (χ0) is 6.62. The van der Waals surface area contributed by atoms with Crippen molar-refractivity contribution in [2.75, 3.05) is 5.88 Å². The normalized spacial score (nSPS) is 18.4. The number of hydrogen-bond donors (Lipinski definition) is 0. The van der Waals surface area contributed by atoms with Crippen LogP contribution in [0, 0.1) is 0 Å². The van der Waals surface area contributed by atoms with Gasteiger partial charge in [-0.2, -0.15) is 0 Å². The van der Waals surface area contributed by atoms with Gasteiger partial charge in [0, 0.05) is 12.3 Å². The van der Waals surface area contributed by atoms with Crippen LogP contribution in [-0.4, -0.2) is 21.4 Å². The van der Waals surface area contributed by atoms with Gasteiger partial charge < -0.3 is 4.43 Å². The van der Waals surface area contributed by atoms with E-state index in [-0.39, 0.29) is 0 Å². The lowest BCUT2D eigenvalue weighted by Crippen LogP contribution is -2.19. The molecule has 0 fully saturated rings. The van der Waals surface area contributed by atoms with E-state index < -0.39 is 5.06 Å². The lowest BCUT2D eigenvalue weighted by Gasteiger charge is -2.18. The summed E-state index contributed by atoms with van der Waals surface area (Å²) in [5.74, 6) is 0.558. The minimum atomic E-state index is -0.506. The molecule has 0 spiro atoms. The van der Waals surface area contributed by atoms with Crippen LogP contribution < -0.4 is 0 Å². The van der Waals surface area contributed by atoms with Crippen LogP contribution in [-0.2, 0) is 4.43 Å². The highest BCUT2D eigenvalue weighted by atomic mass is 35.5. The van der Waals surface area contributed by atoms with E-state index in [1.54, 1.807) is 0 Å². The zero-order valence-corrected chi connectivity index (χ0v) is 8.59. The summed E-state index contributed by atoms with van der Waals surface area (Å²) in [6.07, 6.45) is 0.708. The molecule has 1 nitrogen and oxygen atoms in total. The van der Waals surface area contributed by atoms with E-state index >= 15 is 0 Å². The molecule has 0 radical (unpaired) electrons. The van der Waals surface area contributed by atoms with Gasteiger partial charge in [-0.3, -0.25) is 0 Å². The van der Waals surface area contributed by atoms with Crippen LogP contribution in [0.3, 0.4) is 0 Å². The van der Waals surface area contributed by atoms with Crippen LogP contribution >= 0.6 is 23.2 Å². The lowest BCUT2D eigenvalue weighted by atomic mass is 10.3. The van der Waals surface area contributed by atoms with Crippen molar-refractivity contribution < 1.29 is 4.43 Å². The number of alkyl halides is 2. The predicted molar refractivity (Wildman–Crippen MR) is 40.6 cm³/mol. The van der Waals surface area contributed by atoms with Crippen LogP contribution in [0.15, 0.2) is 0 Å². The first-order valence-corrected chi connectivity index (χ1v) is 4.15. The molecule has 4 heteroatoms. The first-order valence-electron chi connectivity index (χ1n) is 2.42. The van der Waals surface area contributed by atoms with Crippen molar-refractivity contribution in [3.8, 4) is 0 Å². The van der Waals surface area contributed by atoms with Gasteiger partial charge in [-0.05, 0) is 6.92 Å². The fraction of sp³-hybridized carbons (Fsp3) is 1.00. The molecule has 1 atom stereocenters. The monoisotopic (exact) mass is 172 g/mol. The Morgan fingerprint density at radius 2 is 2.25 bits per heavy atom. The van der Waals surface area contributed by atoms with Gasteiger partial charge in [0.15, 0.2) is 0 Å². The Morgan fingerprint density at radius 3 is 2.38 bits per heavy atom. The van der Waals surface area contributed by atoms with Crippen molar-refractivity contribution >= 4 is 33.7 Å². The number of hydrogen-bond acceptors (Lipinski definition) is 1. The predicted octanol–water partition coefficient (Wildman–Crippen LogP) is 0.867. The topological polar surface area (TPSA) is 9.23 Å². The molecule has 0 aromatic carbocycles. The van der Waals surface area contributed by atoms with E-state index in [0.29, 0.717) is 22.8 Å². The highest BCUT2D eigenvalue weighted by Crippen LogP contribution is 2.19. The van der Waals surface area contributed by atoms with Gasteiger partial charge in [-0.15, -0.1) is 11.6 Å². The summed E-state index contributed by atoms with van der Waals surface area (Å²) in [7, 11) is 0.671. The van der Waals surface area contributed by atoms with E-state index in [0.717, 1.165) is 0 Å². The second-order valence-corrected chi connectivity index (χ2v) is 3.33. The van der Waals surface area contributed by atoms with Crippen molar-refractivity contribution in [3.05, 3.63) is 0 Å². The third-order valence-electron chi connectivity index (χ3n) is 0.967. The van der Waals surface area contributed by atoms with E-state index in [2.05, 4.69) is 0 Å². The highest BCUT2D eigenvalue weighted by molar-refractivity contribution is 6.25. The van der Waals surface area contributed by atoms with Crippen molar-refractivity contribution in [1.29, 1.82) is 0 Å². The number of halogens is 2. The maximum absolute atomic E-state index is 5.75. The Morgan fingerprint density at radius 1 is 1.75 bits per heavy atom. The Labute approximate surface area is 62.8 Å². The van der Waals surface area contributed by atoms with Crippen LogP contribution in [0.1, 0.15) is 13.3 Å². The van der Waals surface area contributed by atoms with Gasteiger partial charge in [0.1, 0.15) is 15.5 Å². The molecule has 0 saturated carbocycles. The van der Waals surface area contributed by atoms with E-state index in [4.69, 9.17) is 27.6 Å². The van der Waals surface area contributed by atoms with Gasteiger partial charge >= 0.3 is 0 Å². The average Bonchev–Trinajstić information content (AvgIpc) is 1.67. The summed E-state index contributed by atoms with van der Waals surface area (Å²) in [6.45, 7) is 1.82. The smallest absolute Gasteiger partial charge is 0.148 e. The first-order chi connectivity index (χ1) is 3.62. The van der Waals surface area contributed by atoms with Crippen LogP contribution in [0.25, 0.3) is 0 Å². The van der Waals surface area contributed by atoms with E-state index in [9.17, 15) is 0 Å². The fourth-order valence-electron chi connectivity index (χ4n) is 0.271. The second-order valence-electron chi connectivity index (χ2n) is 1.74. The molecule has 0 N–H and O–H groups in total. The van der Waals surface area contributed by atoms with Crippen molar-refractivity contribution in [2.45, 2.75) is 18.4 Å². The molecule has 0 rings (SSSR count). The van der Waals surface area contributed by atoms with Gasteiger partial charge in [0.05, 0.1) is 0 Å². The maximum atomic E-state index is 5.75. The molecule has 0 bridgehead atoms. The van der Waals surface area contributed by atoms with Crippen LogP contribution in [0.4, 0.5) is 0 Å². The summed E-state index contributed by atoms with van der Waals surface area (Å²) in [5, 5.41) is -0.506. The summed E-state index contributed by atoms with van der Waals surface area (Å²) in [6, 6.07) is 0. The molecule has 0 amide bonds. The zero-order valence-electron chi connectivity index (χ0n) is 5.08. The van der Waals surface area contributed by atoms with Crippen molar-refractivity contribution in [2.24, 2.45) is 0 Å². The maximum Gasteiger partial charge on any atom is 0.148 e. The standard InChI is InChI=1S/C4H10Cl2OSi/c1-4(6,7-8)2-3-5/h2-3H2,1,8H3. The molecule has 50 valence electrons.